The standard InChI is InChI=1S/C16H14FN3O.C10H14BN3O2.C10H9BrFNO.C10H11F2NO.C10H9F2N.C10H10FNO.C8H5F2N.C6H3F3.Br2.Li.H/c1-16(2)10-7-9(8-11(17)14(10)19-15(16)21)12-5-6-13(18-3)20(12)4;1-12-10-4-3-9(14(10)2)11-15-7-5-13-6-8-16-11;1-10(2)6-3-5(11)4-7(12)8(6)13-9(10)14;1-10(2,9(13)14)6-4-3-5-7(11)8(6)12;1-10(2,6-13)7-4-3-5-8(11)9(7)12;1-10(2)6-4-3-5-7(11)8(6)12-9(10)13;9-7-3-1-2-6(4-5-11)8(7)10;7-4-2-1-3-5(8)6(4)9;1-2;;/h5-8H,1-2,4H3,(H,19,21);3-4,13H,5-8H2,2H3;3-4H,1-2H3,(H,13,14);3-5H,1-2H3,(H2,13,14);3-5H,1-2H3;3-5H,1-2H3,(H,12,13);1-3H,4H2;1-3H;;;/q;;;;;;;;;+1;-1. The van der Waals surface area contributed by atoms with Crippen molar-refractivity contribution < 1.29 is 101 Å². The van der Waals surface area contributed by atoms with Gasteiger partial charge in [0.25, 0.3) is 0 Å². The molecule has 7 aromatic carbocycles. The van der Waals surface area contributed by atoms with Gasteiger partial charge in [-0.25, -0.2) is 52.7 Å². The number of hydrogen-bond acceptors (Lipinski definition) is 9. The minimum absolute atomic E-state index is 0. The zero-order chi connectivity index (χ0) is 85.0. The van der Waals surface area contributed by atoms with Crippen LogP contribution in [0.5, 0.6) is 0 Å². The number of carbonyl (C=O) groups is 4. The van der Waals surface area contributed by atoms with Gasteiger partial charge in [-0.15, -0.1) is 0 Å². The van der Waals surface area contributed by atoms with Crippen molar-refractivity contribution in [1.82, 2.24) is 14.5 Å². The molecular formula is C80H76BBr3F12LiN11O6. The van der Waals surface area contributed by atoms with Crippen LogP contribution in [0.15, 0.2) is 144 Å². The summed E-state index contributed by atoms with van der Waals surface area (Å²) in [5.74, 6) is -10.7. The molecule has 9 aromatic rings. The number of nitrogens with one attached hydrogen (secondary N) is 4. The molecule has 6 heterocycles. The smallest absolute Gasteiger partial charge is 1.00 e. The van der Waals surface area contributed by atoms with E-state index >= 15 is 0 Å². The van der Waals surface area contributed by atoms with Crippen LogP contribution in [0.4, 0.5) is 81.4 Å². The summed E-state index contributed by atoms with van der Waals surface area (Å²) in [7, 11) is 3.26. The second-order valence-electron chi connectivity index (χ2n) is 27.5. The fraction of sp³-hybridized carbons (Fsp3) is 0.275. The van der Waals surface area contributed by atoms with Gasteiger partial charge in [-0.05, 0) is 171 Å². The summed E-state index contributed by atoms with van der Waals surface area (Å²) in [5, 5.41) is 27.8. The van der Waals surface area contributed by atoms with E-state index in [2.05, 4.69) is 75.1 Å². The number of rotatable bonds is 6. The number of carbonyl (C=O) groups excluding carboxylic acids is 4. The summed E-state index contributed by atoms with van der Waals surface area (Å²) < 4.78 is 169. The van der Waals surface area contributed by atoms with E-state index in [1.807, 2.05) is 29.8 Å². The van der Waals surface area contributed by atoms with Gasteiger partial charge >= 0.3 is 26.0 Å². The van der Waals surface area contributed by atoms with E-state index in [-0.39, 0.29) is 79.7 Å². The molecule has 4 amide bonds. The Hall–Kier alpha value is -9.92. The Morgan fingerprint density at radius 1 is 0.553 bits per heavy atom. The van der Waals surface area contributed by atoms with Crippen LogP contribution in [0.25, 0.3) is 20.9 Å². The molecule has 0 saturated carbocycles. The van der Waals surface area contributed by atoms with Crippen molar-refractivity contribution in [3.05, 3.63) is 270 Å². The summed E-state index contributed by atoms with van der Waals surface area (Å²) in [5.41, 5.74) is 6.33. The van der Waals surface area contributed by atoms with Crippen molar-refractivity contribution in [2.75, 3.05) is 42.3 Å². The molecular weight excluding hydrogens is 1700 g/mol. The molecule has 4 aliphatic rings. The third-order valence-corrected chi connectivity index (χ3v) is 18.5. The maximum Gasteiger partial charge on any atom is 1.00 e. The molecule has 17 nitrogen and oxygen atoms in total. The Balaban J connectivity index is 0.000000342. The van der Waals surface area contributed by atoms with E-state index in [9.17, 15) is 71.9 Å². The monoisotopic (exact) mass is 1770 g/mol. The van der Waals surface area contributed by atoms with Crippen molar-refractivity contribution >= 4 is 109 Å². The molecule has 2 aromatic heterocycles. The van der Waals surface area contributed by atoms with Crippen molar-refractivity contribution in [1.29, 1.82) is 10.5 Å². The number of amides is 4. The van der Waals surface area contributed by atoms with E-state index < -0.39 is 97.0 Å². The molecule has 0 bridgehead atoms. The fourth-order valence-corrected chi connectivity index (χ4v) is 11.3. The third-order valence-electron chi connectivity index (χ3n) is 18.0. The van der Waals surface area contributed by atoms with Gasteiger partial charge in [-0.3, -0.25) is 23.7 Å². The Labute approximate surface area is 689 Å². The summed E-state index contributed by atoms with van der Waals surface area (Å²) in [6.07, 6.45) is -0.0937. The summed E-state index contributed by atoms with van der Waals surface area (Å²) in [6.45, 7) is 33.7. The van der Waals surface area contributed by atoms with Crippen LogP contribution in [0.1, 0.15) is 104 Å². The first-order chi connectivity index (χ1) is 53.0. The molecule has 0 unspecified atom stereocenters. The molecule has 6 N–H and O–H groups in total. The average molecular weight is 1770 g/mol. The van der Waals surface area contributed by atoms with Gasteiger partial charge in [0.1, 0.15) is 28.7 Å². The van der Waals surface area contributed by atoms with Crippen molar-refractivity contribution in [2.24, 2.45) is 19.8 Å². The maximum atomic E-state index is 14.3. The van der Waals surface area contributed by atoms with Gasteiger partial charge in [0.15, 0.2) is 52.4 Å². The van der Waals surface area contributed by atoms with Gasteiger partial charge < -0.3 is 52.0 Å². The van der Waals surface area contributed by atoms with Crippen LogP contribution in [0.3, 0.4) is 0 Å². The van der Waals surface area contributed by atoms with E-state index in [0.29, 0.717) is 57.4 Å². The van der Waals surface area contributed by atoms with E-state index in [1.54, 1.807) is 109 Å². The number of anilines is 3. The van der Waals surface area contributed by atoms with Gasteiger partial charge in [0.05, 0.1) is 76.8 Å². The van der Waals surface area contributed by atoms with E-state index in [1.165, 1.54) is 68.4 Å². The number of halogens is 15. The zero-order valence-electron chi connectivity index (χ0n) is 64.8. The minimum atomic E-state index is -1.42. The molecule has 1 saturated heterocycles. The number of para-hydroxylation sites is 1. The van der Waals surface area contributed by atoms with Gasteiger partial charge in [0.2, 0.25) is 35.3 Å². The number of hydrogen-bond donors (Lipinski definition) is 5. The van der Waals surface area contributed by atoms with E-state index in [4.69, 9.17) is 38.7 Å². The number of benzene rings is 7. The van der Waals surface area contributed by atoms with Crippen molar-refractivity contribution in [2.45, 2.75) is 103 Å². The van der Waals surface area contributed by atoms with E-state index in [0.717, 1.165) is 66.3 Å². The second kappa shape index (κ2) is 41.9. The van der Waals surface area contributed by atoms with Crippen LogP contribution in [-0.2, 0) is 76.1 Å². The molecule has 596 valence electrons. The number of fused-ring (bicyclic) bond motifs is 3. The van der Waals surface area contributed by atoms with Gasteiger partial charge in [-0.1, -0.05) is 83.7 Å². The summed E-state index contributed by atoms with van der Waals surface area (Å²) in [6, 6.07) is 36.0. The summed E-state index contributed by atoms with van der Waals surface area (Å²) >= 11 is 8.71. The molecule has 0 atom stereocenters. The Morgan fingerprint density at radius 3 is 1.41 bits per heavy atom. The zero-order valence-corrected chi connectivity index (χ0v) is 68.5. The first kappa shape index (κ1) is 96.5. The molecule has 114 heavy (non-hydrogen) atoms. The van der Waals surface area contributed by atoms with Crippen LogP contribution >= 0.6 is 44.2 Å². The molecule has 0 spiro atoms. The maximum absolute atomic E-state index is 14.3. The predicted molar refractivity (Wildman–Crippen MR) is 419 cm³/mol. The number of nitrogens with zero attached hydrogens (tertiary/aromatic N) is 6. The number of primary amides is 1. The first-order valence-electron chi connectivity index (χ1n) is 33.7. The van der Waals surface area contributed by atoms with Crippen molar-refractivity contribution in [3.8, 4) is 23.4 Å². The molecule has 0 radical (unpaired) electrons. The molecule has 0 aliphatic carbocycles. The van der Waals surface area contributed by atoms with Gasteiger partial charge in [-0.2, -0.15) is 10.5 Å². The van der Waals surface area contributed by atoms with Gasteiger partial charge in [0, 0.05) is 81.3 Å². The Bertz CT molecular complexity index is 5160. The van der Waals surface area contributed by atoms with Crippen LogP contribution in [0.2, 0.25) is 0 Å². The predicted octanol–water partition coefficient (Wildman–Crippen LogP) is 15.8. The fourth-order valence-electron chi connectivity index (χ4n) is 10.9. The number of nitrogens with two attached hydrogens (primary N) is 1. The number of aromatic nitrogens is 2. The SMILES string of the molecule is BrBr.CC(C)(C#N)c1cccc(F)c1F.CC(C)(C(N)=O)c1cccc(F)c1F.CC1(C)C(=O)Nc2c(F)cc(Br)cc21.CC1(C)C(=O)Nc2c(F)cccc21.Fc1cccc(F)c1F.N#CCc1cccc(F)c1F.[C-]#[N+]c1ccc(-c2cc(F)c3c(c2)C(C)(C)C(=O)N3)n1C.[C-]#[N+]c1ccc(B2OCCNCCO2)n1C.[H-].[Li+]. The molecule has 4 aliphatic heterocycles. The second-order valence-corrected chi connectivity index (χ2v) is 28.4. The minimum Gasteiger partial charge on any atom is -1.00 e. The number of nitriles is 2. The van der Waals surface area contributed by atoms with Crippen LogP contribution in [-0.4, -0.2) is 66.2 Å². The summed E-state index contributed by atoms with van der Waals surface area (Å²) in [4.78, 5) is 52.7. The quantitative estimate of drug-likeness (QED) is 0.0461. The topological polar surface area (TPSA) is 227 Å². The van der Waals surface area contributed by atoms with Crippen LogP contribution < -0.4 is 51.5 Å². The molecule has 1 fully saturated rings. The largest absolute Gasteiger partial charge is 1.00 e. The molecule has 13 rings (SSSR count). The van der Waals surface area contributed by atoms with Crippen molar-refractivity contribution in [3.63, 3.8) is 0 Å². The normalized spacial score (nSPS) is 14.0. The third kappa shape index (κ3) is 23.2. The Morgan fingerprint density at radius 2 is 0.956 bits per heavy atom. The first-order valence-corrected chi connectivity index (χ1v) is 38.2. The average Bonchev–Trinajstić information content (AvgIpc) is 1.61. The Kier molecular flexibility index (Phi) is 35.5. The molecule has 34 heteroatoms. The van der Waals surface area contributed by atoms with Crippen LogP contribution in [0, 0.1) is 106 Å².